The van der Waals surface area contributed by atoms with Crippen LogP contribution in [0.1, 0.15) is 110 Å². The van der Waals surface area contributed by atoms with Gasteiger partial charge < -0.3 is 15.2 Å². The number of amides is 1. The summed E-state index contributed by atoms with van der Waals surface area (Å²) in [7, 11) is 0. The van der Waals surface area contributed by atoms with E-state index in [1.54, 1.807) is 0 Å². The number of alkyl halides is 3. The SMILES string of the molecule is CCCCCCCCCCCC(CCCCCC(=O)NCCC(=O)O)OC(=O)C(F)(F)F. The summed E-state index contributed by atoms with van der Waals surface area (Å²) in [5, 5.41) is 11.0. The van der Waals surface area contributed by atoms with Gasteiger partial charge in [0.2, 0.25) is 5.91 Å². The summed E-state index contributed by atoms with van der Waals surface area (Å²) in [5.74, 6) is -3.38. The summed E-state index contributed by atoms with van der Waals surface area (Å²) in [6, 6.07) is 0. The number of ether oxygens (including phenoxy) is 1. The molecule has 0 fully saturated rings. The van der Waals surface area contributed by atoms with Gasteiger partial charge in [-0.15, -0.1) is 0 Å². The second-order valence-corrected chi connectivity index (χ2v) is 8.24. The molecule has 0 aliphatic carbocycles. The maximum absolute atomic E-state index is 12.6. The molecule has 1 atom stereocenters. The van der Waals surface area contributed by atoms with Crippen LogP contribution in [-0.2, 0) is 19.1 Å². The average molecular weight is 468 g/mol. The molecular formula is C23H40F3NO5. The fraction of sp³-hybridized carbons (Fsp3) is 0.870. The van der Waals surface area contributed by atoms with E-state index in [0.29, 0.717) is 32.1 Å². The second-order valence-electron chi connectivity index (χ2n) is 8.24. The van der Waals surface area contributed by atoms with E-state index in [0.717, 1.165) is 25.7 Å². The number of hydrogen-bond acceptors (Lipinski definition) is 4. The smallest absolute Gasteiger partial charge is 0.481 e. The Hall–Kier alpha value is -1.80. The zero-order chi connectivity index (χ0) is 24.2. The van der Waals surface area contributed by atoms with Crippen molar-refractivity contribution in [3.8, 4) is 0 Å². The van der Waals surface area contributed by atoms with Gasteiger partial charge in [0, 0.05) is 13.0 Å². The van der Waals surface area contributed by atoms with Crippen molar-refractivity contribution in [1.29, 1.82) is 0 Å². The molecule has 32 heavy (non-hydrogen) atoms. The van der Waals surface area contributed by atoms with Crippen molar-refractivity contribution in [2.24, 2.45) is 0 Å². The molecule has 2 N–H and O–H groups in total. The molecule has 1 unspecified atom stereocenters. The summed E-state index contributed by atoms with van der Waals surface area (Å²) >= 11 is 0. The van der Waals surface area contributed by atoms with Gasteiger partial charge in [0.1, 0.15) is 6.10 Å². The van der Waals surface area contributed by atoms with Crippen LogP contribution in [0.4, 0.5) is 13.2 Å². The highest BCUT2D eigenvalue weighted by Crippen LogP contribution is 2.22. The van der Waals surface area contributed by atoms with Crippen molar-refractivity contribution in [3.05, 3.63) is 0 Å². The van der Waals surface area contributed by atoms with E-state index in [1.165, 1.54) is 32.1 Å². The topological polar surface area (TPSA) is 92.7 Å². The summed E-state index contributed by atoms with van der Waals surface area (Å²) in [4.78, 5) is 33.2. The fourth-order valence-corrected chi connectivity index (χ4v) is 3.39. The van der Waals surface area contributed by atoms with Crippen LogP contribution in [0.25, 0.3) is 0 Å². The number of halogens is 3. The van der Waals surface area contributed by atoms with E-state index in [1.807, 2.05) is 0 Å². The normalized spacial score (nSPS) is 12.4. The molecule has 0 radical (unpaired) electrons. The van der Waals surface area contributed by atoms with Gasteiger partial charge in [-0.3, -0.25) is 9.59 Å². The van der Waals surface area contributed by atoms with E-state index in [4.69, 9.17) is 9.84 Å². The number of carboxylic acids is 1. The second kappa shape index (κ2) is 18.7. The Morgan fingerprint density at radius 2 is 1.31 bits per heavy atom. The third kappa shape index (κ3) is 18.9. The lowest BCUT2D eigenvalue weighted by Gasteiger charge is -2.19. The lowest BCUT2D eigenvalue weighted by atomic mass is 10.0. The summed E-state index contributed by atoms with van der Waals surface area (Å²) < 4.78 is 42.4. The van der Waals surface area contributed by atoms with Crippen molar-refractivity contribution in [3.63, 3.8) is 0 Å². The van der Waals surface area contributed by atoms with Gasteiger partial charge in [0.25, 0.3) is 0 Å². The van der Waals surface area contributed by atoms with Gasteiger partial charge in [-0.05, 0) is 32.1 Å². The highest BCUT2D eigenvalue weighted by atomic mass is 19.4. The number of carbonyl (C=O) groups excluding carboxylic acids is 2. The first-order valence-electron chi connectivity index (χ1n) is 11.9. The summed E-state index contributed by atoms with van der Waals surface area (Å²) in [5.41, 5.74) is 0. The number of unbranched alkanes of at least 4 members (excludes halogenated alkanes) is 10. The first kappa shape index (κ1) is 30.2. The van der Waals surface area contributed by atoms with Gasteiger partial charge >= 0.3 is 18.1 Å². The van der Waals surface area contributed by atoms with E-state index in [2.05, 4.69) is 12.2 Å². The number of hydrogen-bond donors (Lipinski definition) is 2. The zero-order valence-corrected chi connectivity index (χ0v) is 19.3. The van der Waals surface area contributed by atoms with Crippen molar-refractivity contribution in [2.45, 2.75) is 122 Å². The fourth-order valence-electron chi connectivity index (χ4n) is 3.39. The standard InChI is InChI=1S/C23H40F3NO5/c1-2-3-4-5-6-7-8-9-11-14-19(32-22(31)23(24,25)26)15-12-10-13-16-20(28)27-18-17-21(29)30/h19H,2-18H2,1H3,(H,27,28)(H,29,30). The molecule has 6 nitrogen and oxygen atoms in total. The van der Waals surface area contributed by atoms with Crippen molar-refractivity contribution in [1.82, 2.24) is 5.32 Å². The molecule has 0 rings (SSSR count). The first-order chi connectivity index (χ1) is 15.2. The number of aliphatic carboxylic acids is 1. The third-order valence-corrected chi connectivity index (χ3v) is 5.23. The van der Waals surface area contributed by atoms with E-state index in [9.17, 15) is 27.6 Å². The third-order valence-electron chi connectivity index (χ3n) is 5.23. The lowest BCUT2D eigenvalue weighted by molar-refractivity contribution is -0.205. The van der Waals surface area contributed by atoms with Crippen LogP contribution in [0.3, 0.4) is 0 Å². The number of esters is 1. The molecule has 0 aromatic rings. The van der Waals surface area contributed by atoms with E-state index in [-0.39, 0.29) is 25.3 Å². The highest BCUT2D eigenvalue weighted by Gasteiger charge is 2.42. The Bertz CT molecular complexity index is 526. The van der Waals surface area contributed by atoms with Crippen LogP contribution in [0, 0.1) is 0 Å². The van der Waals surface area contributed by atoms with Gasteiger partial charge in [0.05, 0.1) is 6.42 Å². The molecule has 0 aliphatic heterocycles. The molecular weight excluding hydrogens is 427 g/mol. The van der Waals surface area contributed by atoms with Crippen LogP contribution in [0.2, 0.25) is 0 Å². The van der Waals surface area contributed by atoms with Crippen LogP contribution >= 0.6 is 0 Å². The number of nitrogens with one attached hydrogen (secondary N) is 1. The molecule has 0 aromatic heterocycles. The van der Waals surface area contributed by atoms with Crippen LogP contribution in [0.5, 0.6) is 0 Å². The van der Waals surface area contributed by atoms with Gasteiger partial charge in [0.15, 0.2) is 0 Å². The molecule has 0 saturated carbocycles. The van der Waals surface area contributed by atoms with Gasteiger partial charge in [-0.1, -0.05) is 64.7 Å². The summed E-state index contributed by atoms with van der Waals surface area (Å²) in [6.07, 6.45) is 6.65. The number of carbonyl (C=O) groups is 3. The van der Waals surface area contributed by atoms with Crippen molar-refractivity contribution in [2.75, 3.05) is 6.54 Å². The molecule has 0 heterocycles. The maximum atomic E-state index is 12.6. The van der Waals surface area contributed by atoms with Crippen molar-refractivity contribution < 1.29 is 37.4 Å². The van der Waals surface area contributed by atoms with E-state index >= 15 is 0 Å². The average Bonchev–Trinajstić information content (AvgIpc) is 2.70. The highest BCUT2D eigenvalue weighted by molar-refractivity contribution is 5.76. The minimum Gasteiger partial charge on any atom is -0.481 e. The van der Waals surface area contributed by atoms with Gasteiger partial charge in [-0.2, -0.15) is 13.2 Å². The molecule has 0 aliphatic rings. The zero-order valence-electron chi connectivity index (χ0n) is 19.3. The van der Waals surface area contributed by atoms with Crippen LogP contribution in [-0.4, -0.2) is 41.8 Å². The Kier molecular flexibility index (Phi) is 17.7. The molecule has 188 valence electrons. The molecule has 9 heteroatoms. The predicted molar refractivity (Wildman–Crippen MR) is 116 cm³/mol. The Morgan fingerprint density at radius 3 is 1.81 bits per heavy atom. The molecule has 0 saturated heterocycles. The van der Waals surface area contributed by atoms with E-state index < -0.39 is 24.2 Å². The first-order valence-corrected chi connectivity index (χ1v) is 11.9. The molecule has 0 aromatic carbocycles. The van der Waals surface area contributed by atoms with Crippen LogP contribution < -0.4 is 5.32 Å². The Morgan fingerprint density at radius 1 is 0.812 bits per heavy atom. The predicted octanol–water partition coefficient (Wildman–Crippen LogP) is 5.92. The lowest BCUT2D eigenvalue weighted by Crippen LogP contribution is -2.30. The monoisotopic (exact) mass is 467 g/mol. The molecule has 0 spiro atoms. The Balaban J connectivity index is 4.10. The molecule has 1 amide bonds. The van der Waals surface area contributed by atoms with Gasteiger partial charge in [-0.25, -0.2) is 4.79 Å². The largest absolute Gasteiger partial charge is 0.490 e. The number of rotatable bonds is 20. The Labute approximate surface area is 189 Å². The van der Waals surface area contributed by atoms with Crippen LogP contribution in [0.15, 0.2) is 0 Å². The minimum atomic E-state index is -5.00. The minimum absolute atomic E-state index is 0.0718. The maximum Gasteiger partial charge on any atom is 0.490 e. The number of carboxylic acid groups (broad SMARTS) is 1. The summed E-state index contributed by atoms with van der Waals surface area (Å²) in [6.45, 7) is 2.24. The molecule has 0 bridgehead atoms. The quantitative estimate of drug-likeness (QED) is 0.171. The van der Waals surface area contributed by atoms with Crippen molar-refractivity contribution >= 4 is 17.8 Å².